The highest BCUT2D eigenvalue weighted by Gasteiger charge is 2.30. The maximum Gasteiger partial charge on any atom is 0.159 e. The van der Waals surface area contributed by atoms with Gasteiger partial charge in [-0.05, 0) is 32.8 Å². The van der Waals surface area contributed by atoms with E-state index in [1.54, 1.807) is 25.3 Å². The lowest BCUT2D eigenvalue weighted by atomic mass is 9.92. The number of hydrogen-bond acceptors (Lipinski definition) is 5. The quantitative estimate of drug-likeness (QED) is 0.865. The highest BCUT2D eigenvalue weighted by Crippen LogP contribution is 2.38. The van der Waals surface area contributed by atoms with E-state index in [0.717, 1.165) is 37.0 Å². The Morgan fingerprint density at radius 1 is 1.28 bits per heavy atom. The fourth-order valence-electron chi connectivity index (χ4n) is 3.41. The second-order valence-electron chi connectivity index (χ2n) is 6.86. The fraction of sp³-hybridized carbons (Fsp3) is 0.400. The van der Waals surface area contributed by atoms with Crippen LogP contribution < -0.4 is 4.90 Å². The van der Waals surface area contributed by atoms with Crippen molar-refractivity contribution < 1.29 is 14.6 Å². The molecule has 0 unspecified atom stereocenters. The number of fused-ring (bicyclic) bond motifs is 1. The molecule has 1 aliphatic rings. The van der Waals surface area contributed by atoms with E-state index in [4.69, 9.17) is 4.74 Å². The van der Waals surface area contributed by atoms with E-state index in [9.17, 15) is 15.2 Å². The molecule has 1 N–H and O–H groups in total. The second kappa shape index (κ2) is 6.38. The molecule has 0 bridgehead atoms. The van der Waals surface area contributed by atoms with Gasteiger partial charge in [0.05, 0.1) is 5.60 Å². The Bertz CT molecular complexity index is 875. The first-order valence-corrected chi connectivity index (χ1v) is 8.39. The zero-order chi connectivity index (χ0) is 18.2. The Morgan fingerprint density at radius 3 is 2.52 bits per heavy atom. The summed E-state index contributed by atoms with van der Waals surface area (Å²) in [6.45, 7) is 5.20. The van der Waals surface area contributed by atoms with E-state index < -0.39 is 0 Å². The Kier molecular flexibility index (Phi) is 4.40. The third kappa shape index (κ3) is 3.06. The molecule has 0 aliphatic carbocycles. The van der Waals surface area contributed by atoms with Gasteiger partial charge < -0.3 is 14.7 Å². The number of carbonyl (C=O) groups excluding carboxylic acids is 1. The first kappa shape index (κ1) is 17.2. The molecule has 2 aromatic rings. The first-order chi connectivity index (χ1) is 11.9. The van der Waals surface area contributed by atoms with Crippen LogP contribution in [0.15, 0.2) is 24.3 Å². The van der Waals surface area contributed by atoms with E-state index in [0.29, 0.717) is 10.9 Å². The van der Waals surface area contributed by atoms with Crippen LogP contribution in [0, 0.1) is 11.3 Å². The SMILES string of the molecule is COC1(C)CCN(c2cc(O)c(C#N)c3ccc(C(C)=O)cc23)CC1. The van der Waals surface area contributed by atoms with Gasteiger partial charge >= 0.3 is 0 Å². The van der Waals surface area contributed by atoms with Crippen LogP contribution in [0.1, 0.15) is 42.6 Å². The van der Waals surface area contributed by atoms with Gasteiger partial charge in [0.1, 0.15) is 17.4 Å². The molecule has 1 aliphatic heterocycles. The van der Waals surface area contributed by atoms with Crippen LogP contribution in [0.4, 0.5) is 5.69 Å². The molecule has 0 amide bonds. The number of rotatable bonds is 3. The normalized spacial score (nSPS) is 16.6. The predicted molar refractivity (Wildman–Crippen MR) is 97.2 cm³/mol. The lowest BCUT2D eigenvalue weighted by Crippen LogP contribution is -2.43. The monoisotopic (exact) mass is 338 g/mol. The number of Topliss-reactive ketones (excluding diaryl/α,β-unsaturated/α-hetero) is 1. The molecule has 5 heteroatoms. The van der Waals surface area contributed by atoms with Crippen LogP contribution in [-0.4, -0.2) is 36.7 Å². The standard InChI is InChI=1S/C20H22N2O3/c1-13(23)14-4-5-15-16(10-14)18(11-19(24)17(15)12-21)22-8-6-20(2,25-3)7-9-22/h4-5,10-11,24H,6-9H2,1-3H3. The summed E-state index contributed by atoms with van der Waals surface area (Å²) in [5, 5.41) is 21.2. The van der Waals surface area contributed by atoms with Gasteiger partial charge in [-0.15, -0.1) is 0 Å². The maximum absolute atomic E-state index is 11.8. The van der Waals surface area contributed by atoms with Crippen molar-refractivity contribution in [1.29, 1.82) is 5.26 Å². The molecule has 0 aromatic heterocycles. The number of nitriles is 1. The van der Waals surface area contributed by atoms with Gasteiger partial charge in [0.15, 0.2) is 5.78 Å². The molecular weight excluding hydrogens is 316 g/mol. The molecule has 1 saturated heterocycles. The number of piperidine rings is 1. The Labute approximate surface area is 147 Å². The molecule has 25 heavy (non-hydrogen) atoms. The van der Waals surface area contributed by atoms with Crippen LogP contribution in [0.5, 0.6) is 5.75 Å². The van der Waals surface area contributed by atoms with Gasteiger partial charge in [-0.1, -0.05) is 12.1 Å². The number of methoxy groups -OCH3 is 1. The minimum Gasteiger partial charge on any atom is -0.506 e. The number of benzene rings is 2. The topological polar surface area (TPSA) is 73.6 Å². The number of phenolic OH excluding ortho intramolecular Hbond substituents is 1. The molecule has 1 fully saturated rings. The number of hydrogen-bond donors (Lipinski definition) is 1. The average molecular weight is 338 g/mol. The van der Waals surface area contributed by atoms with Crippen LogP contribution in [0.3, 0.4) is 0 Å². The van der Waals surface area contributed by atoms with Gasteiger partial charge in [0.25, 0.3) is 0 Å². The summed E-state index contributed by atoms with van der Waals surface area (Å²) in [5.74, 6) is -0.0503. The number of ether oxygens (including phenoxy) is 1. The third-order valence-electron chi connectivity index (χ3n) is 5.27. The minimum absolute atomic E-state index is 0.0231. The zero-order valence-corrected chi connectivity index (χ0v) is 14.8. The number of phenols is 1. The number of nitrogens with zero attached hydrogens (tertiary/aromatic N) is 2. The van der Waals surface area contributed by atoms with Gasteiger partial charge in [-0.3, -0.25) is 4.79 Å². The highest BCUT2D eigenvalue weighted by molar-refractivity contribution is 6.05. The van der Waals surface area contributed by atoms with Crippen molar-refractivity contribution in [1.82, 2.24) is 0 Å². The van der Waals surface area contributed by atoms with Gasteiger partial charge in [-0.2, -0.15) is 5.26 Å². The molecular formula is C20H22N2O3. The van der Waals surface area contributed by atoms with Crippen molar-refractivity contribution in [2.45, 2.75) is 32.3 Å². The van der Waals surface area contributed by atoms with Gasteiger partial charge in [-0.25, -0.2) is 0 Å². The Balaban J connectivity index is 2.13. The Hall–Kier alpha value is -2.58. The summed E-state index contributed by atoms with van der Waals surface area (Å²) in [7, 11) is 1.73. The maximum atomic E-state index is 11.8. The number of anilines is 1. The lowest BCUT2D eigenvalue weighted by molar-refractivity contribution is -0.0132. The smallest absolute Gasteiger partial charge is 0.159 e. The largest absolute Gasteiger partial charge is 0.506 e. The number of carbonyl (C=O) groups is 1. The van der Waals surface area contributed by atoms with Crippen molar-refractivity contribution in [2.24, 2.45) is 0 Å². The predicted octanol–water partition coefficient (Wildman–Crippen LogP) is 3.62. The van der Waals surface area contributed by atoms with E-state index in [2.05, 4.69) is 17.9 Å². The van der Waals surface area contributed by atoms with Crippen molar-refractivity contribution in [3.05, 3.63) is 35.4 Å². The summed E-state index contributed by atoms with van der Waals surface area (Å²) in [4.78, 5) is 14.0. The summed E-state index contributed by atoms with van der Waals surface area (Å²) in [6.07, 6.45) is 1.75. The van der Waals surface area contributed by atoms with Crippen LogP contribution >= 0.6 is 0 Å². The molecule has 130 valence electrons. The van der Waals surface area contributed by atoms with E-state index in [1.807, 2.05) is 6.07 Å². The fourth-order valence-corrected chi connectivity index (χ4v) is 3.41. The van der Waals surface area contributed by atoms with Crippen molar-refractivity contribution in [3.8, 4) is 11.8 Å². The summed E-state index contributed by atoms with van der Waals surface area (Å²) >= 11 is 0. The molecule has 1 heterocycles. The Morgan fingerprint density at radius 2 is 1.96 bits per heavy atom. The molecule has 0 saturated carbocycles. The van der Waals surface area contributed by atoms with Crippen LogP contribution in [0.2, 0.25) is 0 Å². The summed E-state index contributed by atoms with van der Waals surface area (Å²) in [6, 6.07) is 8.97. The first-order valence-electron chi connectivity index (χ1n) is 8.39. The lowest BCUT2D eigenvalue weighted by Gasteiger charge is -2.40. The van der Waals surface area contributed by atoms with Gasteiger partial charge in [0, 0.05) is 48.3 Å². The van der Waals surface area contributed by atoms with Gasteiger partial charge in [0.2, 0.25) is 0 Å². The number of ketones is 1. The third-order valence-corrected chi connectivity index (χ3v) is 5.27. The van der Waals surface area contributed by atoms with Crippen LogP contribution in [-0.2, 0) is 4.74 Å². The molecule has 2 aromatic carbocycles. The van der Waals surface area contributed by atoms with Crippen molar-refractivity contribution >= 4 is 22.2 Å². The van der Waals surface area contributed by atoms with Crippen molar-refractivity contribution in [2.75, 3.05) is 25.1 Å². The number of aromatic hydroxyl groups is 1. The van der Waals surface area contributed by atoms with Crippen LogP contribution in [0.25, 0.3) is 10.8 Å². The highest BCUT2D eigenvalue weighted by atomic mass is 16.5. The molecule has 0 atom stereocenters. The second-order valence-corrected chi connectivity index (χ2v) is 6.86. The molecule has 5 nitrogen and oxygen atoms in total. The minimum atomic E-state index is -0.133. The molecule has 0 spiro atoms. The molecule has 3 rings (SSSR count). The van der Waals surface area contributed by atoms with Crippen molar-refractivity contribution in [3.63, 3.8) is 0 Å². The van der Waals surface area contributed by atoms with E-state index >= 15 is 0 Å². The summed E-state index contributed by atoms with van der Waals surface area (Å²) < 4.78 is 5.60. The van der Waals surface area contributed by atoms with E-state index in [1.165, 1.54) is 6.92 Å². The zero-order valence-electron chi connectivity index (χ0n) is 14.8. The molecule has 0 radical (unpaired) electrons. The summed E-state index contributed by atoms with van der Waals surface area (Å²) in [5.41, 5.74) is 1.56. The average Bonchev–Trinajstić information content (AvgIpc) is 2.61. The van der Waals surface area contributed by atoms with E-state index in [-0.39, 0.29) is 22.7 Å².